The van der Waals surface area contributed by atoms with Gasteiger partial charge in [-0.1, -0.05) is 6.92 Å². The highest BCUT2D eigenvalue weighted by molar-refractivity contribution is 5.95. The molecule has 5 heteroatoms. The third kappa shape index (κ3) is 2.88. The largest absolute Gasteiger partial charge is 0.496 e. The third-order valence-electron chi connectivity index (χ3n) is 3.35. The fourth-order valence-electron chi connectivity index (χ4n) is 2.23. The number of methoxy groups -OCH3 is 1. The van der Waals surface area contributed by atoms with Crippen molar-refractivity contribution < 1.29 is 14.3 Å². The average Bonchev–Trinajstić information content (AvgIpc) is 2.47. The van der Waals surface area contributed by atoms with Crippen molar-refractivity contribution in [3.63, 3.8) is 0 Å². The van der Waals surface area contributed by atoms with Gasteiger partial charge in [0.2, 0.25) is 0 Å². The van der Waals surface area contributed by atoms with E-state index < -0.39 is 0 Å². The van der Waals surface area contributed by atoms with Gasteiger partial charge in [-0.15, -0.1) is 0 Å². The van der Waals surface area contributed by atoms with Gasteiger partial charge in [0.1, 0.15) is 12.4 Å². The Labute approximate surface area is 113 Å². The first kappa shape index (κ1) is 13.8. The number of ether oxygens (including phenoxy) is 2. The smallest absolute Gasteiger partial charge is 0.253 e. The quantitative estimate of drug-likeness (QED) is 0.879. The van der Waals surface area contributed by atoms with E-state index >= 15 is 0 Å². The number of carbonyl (C=O) groups excluding carboxylic acids is 1. The molecule has 0 spiro atoms. The van der Waals surface area contributed by atoms with E-state index in [0.29, 0.717) is 13.1 Å². The second-order valence-electron chi connectivity index (χ2n) is 4.52. The van der Waals surface area contributed by atoms with Gasteiger partial charge in [-0.05, 0) is 30.2 Å². The van der Waals surface area contributed by atoms with Crippen LogP contribution in [0.2, 0.25) is 0 Å². The summed E-state index contributed by atoms with van der Waals surface area (Å²) in [5, 5.41) is 0. The van der Waals surface area contributed by atoms with Crippen LogP contribution in [0.4, 0.5) is 5.69 Å². The van der Waals surface area contributed by atoms with Gasteiger partial charge >= 0.3 is 0 Å². The average molecular weight is 264 g/mol. The first-order valence-electron chi connectivity index (χ1n) is 6.48. The van der Waals surface area contributed by atoms with E-state index in [1.807, 2.05) is 18.2 Å². The van der Waals surface area contributed by atoms with Crippen molar-refractivity contribution >= 4 is 11.6 Å². The minimum Gasteiger partial charge on any atom is -0.496 e. The number of hydrogen-bond acceptors (Lipinski definition) is 4. The molecule has 1 fully saturated rings. The normalized spacial score (nSPS) is 19.6. The van der Waals surface area contributed by atoms with E-state index in [1.165, 1.54) is 0 Å². The number of amides is 1. The van der Waals surface area contributed by atoms with Crippen molar-refractivity contribution in [3.8, 4) is 5.75 Å². The Morgan fingerprint density at radius 1 is 1.53 bits per heavy atom. The maximum atomic E-state index is 11.9. The van der Waals surface area contributed by atoms with Crippen LogP contribution in [0.1, 0.15) is 12.5 Å². The summed E-state index contributed by atoms with van der Waals surface area (Å²) in [5.41, 5.74) is 7.57. The summed E-state index contributed by atoms with van der Waals surface area (Å²) >= 11 is 0. The molecule has 1 aromatic rings. The van der Waals surface area contributed by atoms with Crippen molar-refractivity contribution in [1.29, 1.82) is 0 Å². The number of benzene rings is 1. The van der Waals surface area contributed by atoms with Crippen LogP contribution in [0, 0.1) is 0 Å². The molecule has 104 valence electrons. The molecule has 2 N–H and O–H groups in total. The maximum Gasteiger partial charge on any atom is 0.253 e. The molecule has 1 amide bonds. The first-order chi connectivity index (χ1) is 9.19. The number of nitrogens with two attached hydrogens (primary N) is 1. The summed E-state index contributed by atoms with van der Waals surface area (Å²) in [4.78, 5) is 13.7. The van der Waals surface area contributed by atoms with Crippen LogP contribution in [-0.2, 0) is 16.0 Å². The molecule has 1 saturated heterocycles. The number of aryl methyl sites for hydroxylation is 1. The molecule has 1 unspecified atom stereocenters. The molecule has 1 aliphatic rings. The molecular formula is C14H20N2O3. The Hall–Kier alpha value is -1.59. The lowest BCUT2D eigenvalue weighted by atomic mass is 10.1. The molecule has 0 bridgehead atoms. The van der Waals surface area contributed by atoms with Crippen LogP contribution in [0.25, 0.3) is 0 Å². The first-order valence-corrected chi connectivity index (χ1v) is 6.48. The molecule has 0 aromatic heterocycles. The molecule has 0 radical (unpaired) electrons. The van der Waals surface area contributed by atoms with Crippen molar-refractivity contribution in [3.05, 3.63) is 23.8 Å². The fourth-order valence-corrected chi connectivity index (χ4v) is 2.23. The van der Waals surface area contributed by atoms with Gasteiger partial charge in [0.05, 0.1) is 19.8 Å². The molecular weight excluding hydrogens is 244 g/mol. The summed E-state index contributed by atoms with van der Waals surface area (Å²) in [6.45, 7) is 3.08. The predicted molar refractivity (Wildman–Crippen MR) is 73.5 cm³/mol. The molecule has 19 heavy (non-hydrogen) atoms. The highest BCUT2D eigenvalue weighted by atomic mass is 16.5. The standard InChI is InChI=1S/C14H20N2O3/c1-3-10-6-11(4-5-13(10)18-2)16-8-12(7-15)19-9-14(16)17/h4-6,12H,3,7-9,15H2,1-2H3. The highest BCUT2D eigenvalue weighted by Gasteiger charge is 2.26. The number of carbonyl (C=O) groups is 1. The van der Waals surface area contributed by atoms with Gasteiger partial charge in [-0.25, -0.2) is 0 Å². The number of hydrogen-bond donors (Lipinski definition) is 1. The van der Waals surface area contributed by atoms with Gasteiger partial charge in [0.25, 0.3) is 5.91 Å². The van der Waals surface area contributed by atoms with Gasteiger partial charge in [-0.3, -0.25) is 4.79 Å². The van der Waals surface area contributed by atoms with E-state index in [1.54, 1.807) is 12.0 Å². The number of rotatable bonds is 4. The summed E-state index contributed by atoms with van der Waals surface area (Å²) in [7, 11) is 1.65. The van der Waals surface area contributed by atoms with Crippen molar-refractivity contribution in [2.24, 2.45) is 5.73 Å². The van der Waals surface area contributed by atoms with E-state index in [9.17, 15) is 4.79 Å². The lowest BCUT2D eigenvalue weighted by molar-refractivity contribution is -0.128. The minimum atomic E-state index is -0.0927. The van der Waals surface area contributed by atoms with E-state index in [-0.39, 0.29) is 18.6 Å². The summed E-state index contributed by atoms with van der Waals surface area (Å²) in [5.74, 6) is 0.819. The monoisotopic (exact) mass is 264 g/mol. The molecule has 1 aliphatic heterocycles. The van der Waals surface area contributed by atoms with E-state index in [2.05, 4.69) is 6.92 Å². The van der Waals surface area contributed by atoms with Crippen LogP contribution in [-0.4, -0.2) is 38.8 Å². The summed E-state index contributed by atoms with van der Waals surface area (Å²) < 4.78 is 10.7. The van der Waals surface area contributed by atoms with Gasteiger partial charge in [0.15, 0.2) is 0 Å². The maximum absolute atomic E-state index is 11.9. The van der Waals surface area contributed by atoms with Crippen LogP contribution >= 0.6 is 0 Å². The van der Waals surface area contributed by atoms with Gasteiger partial charge in [0, 0.05) is 12.2 Å². The second kappa shape index (κ2) is 6.04. The molecule has 1 aromatic carbocycles. The molecule has 5 nitrogen and oxygen atoms in total. The van der Waals surface area contributed by atoms with Crippen LogP contribution in [0.15, 0.2) is 18.2 Å². The summed E-state index contributed by atoms with van der Waals surface area (Å²) in [6, 6.07) is 5.79. The van der Waals surface area contributed by atoms with Crippen LogP contribution in [0.3, 0.4) is 0 Å². The van der Waals surface area contributed by atoms with E-state index in [4.69, 9.17) is 15.2 Å². The zero-order chi connectivity index (χ0) is 13.8. The Balaban J connectivity index is 2.27. The van der Waals surface area contributed by atoms with Crippen molar-refractivity contribution in [2.45, 2.75) is 19.4 Å². The topological polar surface area (TPSA) is 64.8 Å². The number of nitrogens with zero attached hydrogens (tertiary/aromatic N) is 1. The molecule has 0 saturated carbocycles. The fraction of sp³-hybridized carbons (Fsp3) is 0.500. The Morgan fingerprint density at radius 3 is 2.95 bits per heavy atom. The van der Waals surface area contributed by atoms with Crippen molar-refractivity contribution in [2.75, 3.05) is 31.7 Å². The highest BCUT2D eigenvalue weighted by Crippen LogP contribution is 2.26. The van der Waals surface area contributed by atoms with Crippen LogP contribution < -0.4 is 15.4 Å². The molecule has 1 atom stereocenters. The SMILES string of the molecule is CCc1cc(N2CC(CN)OCC2=O)ccc1OC. The van der Waals surface area contributed by atoms with Gasteiger partial charge < -0.3 is 20.1 Å². The third-order valence-corrected chi connectivity index (χ3v) is 3.35. The molecule has 1 heterocycles. The lowest BCUT2D eigenvalue weighted by Crippen LogP contribution is -2.49. The zero-order valence-corrected chi connectivity index (χ0v) is 11.4. The molecule has 2 rings (SSSR count). The Morgan fingerprint density at radius 2 is 2.32 bits per heavy atom. The zero-order valence-electron chi connectivity index (χ0n) is 11.4. The number of anilines is 1. The Bertz CT molecular complexity index is 462. The van der Waals surface area contributed by atoms with Crippen LogP contribution in [0.5, 0.6) is 5.75 Å². The molecule has 0 aliphatic carbocycles. The minimum absolute atomic E-state index is 0.0306. The lowest BCUT2D eigenvalue weighted by Gasteiger charge is -2.32. The van der Waals surface area contributed by atoms with Crippen molar-refractivity contribution in [1.82, 2.24) is 0 Å². The predicted octanol–water partition coefficient (Wildman–Crippen LogP) is 0.948. The second-order valence-corrected chi connectivity index (χ2v) is 4.52. The summed E-state index contributed by atoms with van der Waals surface area (Å²) in [6.07, 6.45) is 0.764. The Kier molecular flexibility index (Phi) is 4.39. The van der Waals surface area contributed by atoms with E-state index in [0.717, 1.165) is 23.4 Å². The van der Waals surface area contributed by atoms with Gasteiger partial charge in [-0.2, -0.15) is 0 Å². The number of morpholine rings is 1.